The maximum absolute atomic E-state index is 6.31. The van der Waals surface area contributed by atoms with Crippen molar-refractivity contribution in [2.45, 2.75) is 31.7 Å². The highest BCUT2D eigenvalue weighted by Crippen LogP contribution is 2.33. The Balaban J connectivity index is 1.39. The van der Waals surface area contributed by atoms with E-state index in [-0.39, 0.29) is 0 Å². The highest BCUT2D eigenvalue weighted by molar-refractivity contribution is 6.32. The number of guanidine groups is 1. The van der Waals surface area contributed by atoms with Gasteiger partial charge in [0.1, 0.15) is 11.6 Å². The number of halogens is 1. The van der Waals surface area contributed by atoms with Crippen molar-refractivity contribution in [3.05, 3.63) is 53.2 Å². The summed E-state index contributed by atoms with van der Waals surface area (Å²) >= 11 is 6.31. The van der Waals surface area contributed by atoms with Crippen LogP contribution >= 0.6 is 11.6 Å². The molecule has 1 aromatic heterocycles. The van der Waals surface area contributed by atoms with Crippen LogP contribution in [0, 0.1) is 0 Å². The van der Waals surface area contributed by atoms with Crippen LogP contribution < -0.4 is 20.3 Å². The molecule has 2 N–H and O–H groups in total. The van der Waals surface area contributed by atoms with Crippen LogP contribution in [0.4, 0.5) is 5.82 Å². The lowest BCUT2D eigenvalue weighted by Crippen LogP contribution is -2.45. The fourth-order valence-electron chi connectivity index (χ4n) is 4.00. The van der Waals surface area contributed by atoms with Crippen molar-refractivity contribution >= 4 is 23.4 Å². The van der Waals surface area contributed by atoms with E-state index < -0.39 is 0 Å². The third-order valence-corrected chi connectivity index (χ3v) is 5.76. The Morgan fingerprint density at radius 1 is 1.28 bits per heavy atom. The predicted molar refractivity (Wildman–Crippen MR) is 118 cm³/mol. The molecule has 0 spiro atoms. The second kappa shape index (κ2) is 9.35. The van der Waals surface area contributed by atoms with E-state index in [0.717, 1.165) is 63.2 Å². The molecule has 0 bridgehead atoms. The highest BCUT2D eigenvalue weighted by atomic mass is 35.5. The Morgan fingerprint density at radius 2 is 2.17 bits per heavy atom. The van der Waals surface area contributed by atoms with Gasteiger partial charge in [0.25, 0.3) is 0 Å². The number of aromatic nitrogens is 1. The van der Waals surface area contributed by atoms with Gasteiger partial charge in [-0.25, -0.2) is 4.98 Å². The third kappa shape index (κ3) is 4.75. The Morgan fingerprint density at radius 3 is 3.03 bits per heavy atom. The highest BCUT2D eigenvalue weighted by Gasteiger charge is 2.26. The van der Waals surface area contributed by atoms with E-state index in [2.05, 4.69) is 39.6 Å². The second-order valence-corrected chi connectivity index (χ2v) is 7.88. The largest absolute Gasteiger partial charge is 0.493 e. The molecule has 3 heterocycles. The zero-order valence-electron chi connectivity index (χ0n) is 16.8. The molecule has 4 rings (SSSR count). The molecule has 6 nitrogen and oxygen atoms in total. The van der Waals surface area contributed by atoms with Crippen molar-refractivity contribution < 1.29 is 4.74 Å². The van der Waals surface area contributed by atoms with Gasteiger partial charge in [0.15, 0.2) is 5.96 Å². The average Bonchev–Trinajstić information content (AvgIpc) is 3.20. The van der Waals surface area contributed by atoms with Crippen LogP contribution in [0.15, 0.2) is 47.6 Å². The lowest BCUT2D eigenvalue weighted by molar-refractivity contribution is 0.269. The molecule has 2 atom stereocenters. The number of ether oxygens (including phenoxy) is 1. The Labute approximate surface area is 177 Å². The van der Waals surface area contributed by atoms with Gasteiger partial charge in [-0.1, -0.05) is 29.8 Å². The quantitative estimate of drug-likeness (QED) is 0.580. The zero-order valence-corrected chi connectivity index (χ0v) is 17.5. The molecule has 154 valence electrons. The van der Waals surface area contributed by atoms with Crippen LogP contribution in [0.3, 0.4) is 0 Å². The number of hydrogen-bond donors (Lipinski definition) is 2. The van der Waals surface area contributed by atoms with E-state index in [1.807, 2.05) is 24.3 Å². The van der Waals surface area contributed by atoms with Gasteiger partial charge in [-0.05, 0) is 43.5 Å². The van der Waals surface area contributed by atoms with E-state index in [1.54, 1.807) is 6.20 Å². The fraction of sp³-hybridized carbons (Fsp3) is 0.455. The first-order valence-electron chi connectivity index (χ1n) is 10.4. The molecule has 7 heteroatoms. The summed E-state index contributed by atoms with van der Waals surface area (Å²) in [6.45, 7) is 6.22. The maximum Gasteiger partial charge on any atom is 0.191 e. The number of aliphatic imine (C=N–C) groups is 1. The fourth-order valence-corrected chi connectivity index (χ4v) is 4.24. The molecule has 0 aliphatic carbocycles. The second-order valence-electron chi connectivity index (χ2n) is 7.48. The number of anilines is 1. The van der Waals surface area contributed by atoms with Crippen LogP contribution in [-0.2, 0) is 0 Å². The van der Waals surface area contributed by atoms with E-state index >= 15 is 0 Å². The first kappa shape index (κ1) is 19.8. The molecule has 1 fully saturated rings. The summed E-state index contributed by atoms with van der Waals surface area (Å²) in [4.78, 5) is 11.6. The van der Waals surface area contributed by atoms with Crippen molar-refractivity contribution in [3.8, 4) is 5.75 Å². The Kier molecular flexibility index (Phi) is 6.39. The number of para-hydroxylation sites is 1. The number of nitrogens with one attached hydrogen (secondary N) is 2. The van der Waals surface area contributed by atoms with Gasteiger partial charge in [0, 0.05) is 44.3 Å². The van der Waals surface area contributed by atoms with Crippen LogP contribution in [0.25, 0.3) is 0 Å². The topological polar surface area (TPSA) is 61.8 Å². The normalized spacial score (nSPS) is 21.4. The van der Waals surface area contributed by atoms with E-state index in [0.29, 0.717) is 17.0 Å². The first-order chi connectivity index (χ1) is 14.2. The van der Waals surface area contributed by atoms with Gasteiger partial charge < -0.3 is 20.3 Å². The minimum Gasteiger partial charge on any atom is -0.493 e. The van der Waals surface area contributed by atoms with Crippen LogP contribution in [-0.4, -0.2) is 49.8 Å². The zero-order chi connectivity index (χ0) is 20.1. The summed E-state index contributed by atoms with van der Waals surface area (Å²) in [5, 5.41) is 7.68. The van der Waals surface area contributed by atoms with Crippen LogP contribution in [0.1, 0.15) is 31.2 Å². The van der Waals surface area contributed by atoms with Crippen molar-refractivity contribution in [2.75, 3.05) is 37.7 Å². The maximum atomic E-state index is 6.31. The molecule has 2 aliphatic rings. The molecule has 0 radical (unpaired) electrons. The SMILES string of the molecule is CCNC(=NCC1CCOc2ccccc21)NC1CCN(c2ncccc2Cl)C1. The molecule has 2 aliphatic heterocycles. The molecule has 1 saturated heterocycles. The number of pyridine rings is 1. The van der Waals surface area contributed by atoms with Gasteiger partial charge in [-0.15, -0.1) is 0 Å². The molecule has 0 amide bonds. The lowest BCUT2D eigenvalue weighted by Gasteiger charge is -2.25. The molecular formula is C22H28ClN5O. The van der Waals surface area contributed by atoms with Gasteiger partial charge in [-0.3, -0.25) is 4.99 Å². The van der Waals surface area contributed by atoms with E-state index in [9.17, 15) is 0 Å². The predicted octanol–water partition coefficient (Wildman–Crippen LogP) is 3.44. The Bertz CT molecular complexity index is 859. The van der Waals surface area contributed by atoms with Gasteiger partial charge in [0.2, 0.25) is 0 Å². The van der Waals surface area contributed by atoms with Crippen LogP contribution in [0.5, 0.6) is 5.75 Å². The summed E-state index contributed by atoms with van der Waals surface area (Å²) < 4.78 is 5.78. The molecule has 29 heavy (non-hydrogen) atoms. The van der Waals surface area contributed by atoms with Gasteiger partial charge in [0.05, 0.1) is 11.6 Å². The number of fused-ring (bicyclic) bond motifs is 1. The number of benzene rings is 1. The Hall–Kier alpha value is -2.47. The number of nitrogens with zero attached hydrogens (tertiary/aromatic N) is 3. The number of rotatable bonds is 5. The monoisotopic (exact) mass is 413 g/mol. The van der Waals surface area contributed by atoms with E-state index in [4.69, 9.17) is 21.3 Å². The standard InChI is InChI=1S/C22H28ClN5O/c1-2-24-22(26-14-16-10-13-29-20-8-4-3-6-18(16)20)27-17-9-12-28(15-17)21-19(23)7-5-11-25-21/h3-8,11,16-17H,2,9-10,12-15H2,1H3,(H2,24,26,27). The van der Waals surface area contributed by atoms with Crippen LogP contribution in [0.2, 0.25) is 5.02 Å². The molecule has 1 aromatic carbocycles. The average molecular weight is 414 g/mol. The summed E-state index contributed by atoms with van der Waals surface area (Å²) in [5.74, 6) is 3.12. The van der Waals surface area contributed by atoms with Crippen molar-refractivity contribution in [1.82, 2.24) is 15.6 Å². The van der Waals surface area contributed by atoms with Gasteiger partial charge in [-0.2, -0.15) is 0 Å². The van der Waals surface area contributed by atoms with E-state index in [1.165, 1.54) is 5.56 Å². The number of hydrogen-bond acceptors (Lipinski definition) is 4. The lowest BCUT2D eigenvalue weighted by atomic mass is 9.93. The smallest absolute Gasteiger partial charge is 0.191 e. The molecule has 0 saturated carbocycles. The summed E-state index contributed by atoms with van der Waals surface area (Å²) in [6, 6.07) is 12.4. The summed E-state index contributed by atoms with van der Waals surface area (Å²) in [6.07, 6.45) is 3.81. The molecule has 2 aromatic rings. The minimum absolute atomic E-state index is 0.313. The molecule has 2 unspecified atom stereocenters. The first-order valence-corrected chi connectivity index (χ1v) is 10.7. The van der Waals surface area contributed by atoms with Crippen molar-refractivity contribution in [1.29, 1.82) is 0 Å². The minimum atomic E-state index is 0.313. The van der Waals surface area contributed by atoms with Gasteiger partial charge >= 0.3 is 0 Å². The van der Waals surface area contributed by atoms with Crippen molar-refractivity contribution in [2.24, 2.45) is 4.99 Å². The van der Waals surface area contributed by atoms with Crippen molar-refractivity contribution in [3.63, 3.8) is 0 Å². The summed E-state index contributed by atoms with van der Waals surface area (Å²) in [7, 11) is 0. The third-order valence-electron chi connectivity index (χ3n) is 5.46. The molecular weight excluding hydrogens is 386 g/mol. The summed E-state index contributed by atoms with van der Waals surface area (Å²) in [5.41, 5.74) is 1.26.